The summed E-state index contributed by atoms with van der Waals surface area (Å²) in [6.45, 7) is 3.93. The molecule has 4 bridgehead atoms. The molecule has 20 heavy (non-hydrogen) atoms. The van der Waals surface area contributed by atoms with Crippen LogP contribution in [-0.4, -0.2) is 30.6 Å². The van der Waals surface area contributed by atoms with E-state index < -0.39 is 0 Å². The smallest absolute Gasteiger partial charge is 0.0225 e. The Morgan fingerprint density at radius 2 is 1.50 bits per heavy atom. The summed E-state index contributed by atoms with van der Waals surface area (Å²) in [4.78, 5) is 2.77. The standard InChI is InChI=1S/C18H30N2/c19-16-11-20(4-3-18(16)1-2-18)12-17-8-13-5-14(9-17)7-15(6-13)10-17/h13-16H,1-12,19H2. The van der Waals surface area contributed by atoms with Crippen molar-refractivity contribution >= 4 is 0 Å². The van der Waals surface area contributed by atoms with Crippen LogP contribution in [0.5, 0.6) is 0 Å². The second-order valence-corrected chi connectivity index (χ2v) is 9.37. The maximum atomic E-state index is 6.49. The summed E-state index contributed by atoms with van der Waals surface area (Å²) in [5, 5.41) is 0. The molecular formula is C18H30N2. The average Bonchev–Trinajstić information content (AvgIpc) is 3.13. The minimum Gasteiger partial charge on any atom is -0.326 e. The summed E-state index contributed by atoms with van der Waals surface area (Å²) < 4.78 is 0. The van der Waals surface area contributed by atoms with E-state index in [0.717, 1.165) is 17.8 Å². The van der Waals surface area contributed by atoms with E-state index in [0.29, 0.717) is 16.9 Å². The number of piperidine rings is 1. The molecule has 1 heterocycles. The van der Waals surface area contributed by atoms with Crippen molar-refractivity contribution < 1.29 is 0 Å². The highest BCUT2D eigenvalue weighted by Crippen LogP contribution is 2.60. The molecule has 1 atom stereocenters. The van der Waals surface area contributed by atoms with Crippen molar-refractivity contribution in [1.82, 2.24) is 4.90 Å². The van der Waals surface area contributed by atoms with E-state index in [1.165, 1.54) is 38.9 Å². The van der Waals surface area contributed by atoms with Crippen molar-refractivity contribution in [3.8, 4) is 0 Å². The quantitative estimate of drug-likeness (QED) is 0.838. The lowest BCUT2D eigenvalue weighted by molar-refractivity contribution is -0.0740. The molecule has 1 saturated heterocycles. The summed E-state index contributed by atoms with van der Waals surface area (Å²) in [5.41, 5.74) is 7.80. The van der Waals surface area contributed by atoms with Gasteiger partial charge in [-0.2, -0.15) is 0 Å². The molecule has 2 N–H and O–H groups in total. The van der Waals surface area contributed by atoms with Crippen LogP contribution < -0.4 is 5.73 Å². The molecule has 1 unspecified atom stereocenters. The normalized spacial score (nSPS) is 52.6. The van der Waals surface area contributed by atoms with Gasteiger partial charge in [-0.05, 0) is 92.9 Å². The molecule has 0 aromatic carbocycles. The van der Waals surface area contributed by atoms with Crippen LogP contribution in [-0.2, 0) is 0 Å². The lowest BCUT2D eigenvalue weighted by Gasteiger charge is -2.58. The van der Waals surface area contributed by atoms with E-state index in [1.54, 1.807) is 38.5 Å². The summed E-state index contributed by atoms with van der Waals surface area (Å²) in [5.74, 6) is 3.28. The maximum absolute atomic E-state index is 6.49. The first-order chi connectivity index (χ1) is 9.65. The predicted octanol–water partition coefficient (Wildman–Crippen LogP) is 3.02. The third kappa shape index (κ3) is 1.83. The molecule has 5 aliphatic carbocycles. The highest BCUT2D eigenvalue weighted by atomic mass is 15.2. The van der Waals surface area contributed by atoms with Crippen LogP contribution in [0.3, 0.4) is 0 Å². The van der Waals surface area contributed by atoms with E-state index in [9.17, 15) is 0 Å². The van der Waals surface area contributed by atoms with Gasteiger partial charge in [-0.25, -0.2) is 0 Å². The summed E-state index contributed by atoms with van der Waals surface area (Å²) >= 11 is 0. The van der Waals surface area contributed by atoms with Crippen LogP contribution in [0.25, 0.3) is 0 Å². The topological polar surface area (TPSA) is 29.3 Å². The Balaban J connectivity index is 1.30. The monoisotopic (exact) mass is 274 g/mol. The molecule has 1 aliphatic heterocycles. The SMILES string of the molecule is NC1CN(CC23CC4CC(CC(C4)C2)C3)CCC12CC2. The van der Waals surface area contributed by atoms with Gasteiger partial charge in [0.1, 0.15) is 0 Å². The Hall–Kier alpha value is -0.0800. The number of rotatable bonds is 2. The molecule has 112 valence electrons. The molecule has 6 aliphatic rings. The van der Waals surface area contributed by atoms with Gasteiger partial charge in [0.05, 0.1) is 0 Å². The first-order valence-electron chi connectivity index (χ1n) is 9.13. The molecule has 0 aromatic heterocycles. The third-order valence-corrected chi connectivity index (χ3v) is 7.78. The second kappa shape index (κ2) is 4.01. The van der Waals surface area contributed by atoms with Crippen LogP contribution in [0.15, 0.2) is 0 Å². The Kier molecular flexibility index (Phi) is 2.50. The van der Waals surface area contributed by atoms with Crippen LogP contribution in [0.4, 0.5) is 0 Å². The van der Waals surface area contributed by atoms with Gasteiger partial charge in [0.25, 0.3) is 0 Å². The number of nitrogens with zero attached hydrogens (tertiary/aromatic N) is 1. The average molecular weight is 274 g/mol. The molecule has 0 aromatic rings. The Labute approximate surface area is 123 Å². The van der Waals surface area contributed by atoms with Gasteiger partial charge in [-0.15, -0.1) is 0 Å². The van der Waals surface area contributed by atoms with Crippen LogP contribution >= 0.6 is 0 Å². The molecule has 2 nitrogen and oxygen atoms in total. The van der Waals surface area contributed by atoms with Crippen molar-refractivity contribution in [2.45, 2.75) is 63.8 Å². The fraction of sp³-hybridized carbons (Fsp3) is 1.00. The van der Waals surface area contributed by atoms with Crippen molar-refractivity contribution in [3.05, 3.63) is 0 Å². The highest BCUT2D eigenvalue weighted by Gasteiger charge is 2.54. The number of hydrogen-bond acceptors (Lipinski definition) is 2. The first-order valence-corrected chi connectivity index (χ1v) is 9.13. The van der Waals surface area contributed by atoms with Crippen LogP contribution in [0.1, 0.15) is 57.8 Å². The number of nitrogens with two attached hydrogens (primary N) is 1. The fourth-order valence-electron chi connectivity index (χ4n) is 7.01. The zero-order chi connectivity index (χ0) is 13.4. The minimum absolute atomic E-state index is 0.477. The van der Waals surface area contributed by atoms with Crippen molar-refractivity contribution in [1.29, 1.82) is 0 Å². The van der Waals surface area contributed by atoms with E-state index in [-0.39, 0.29) is 0 Å². The van der Waals surface area contributed by atoms with Crippen molar-refractivity contribution in [2.24, 2.45) is 34.3 Å². The van der Waals surface area contributed by atoms with Crippen molar-refractivity contribution in [2.75, 3.05) is 19.6 Å². The molecular weight excluding hydrogens is 244 g/mol. The van der Waals surface area contributed by atoms with Gasteiger partial charge in [0, 0.05) is 19.1 Å². The molecule has 0 radical (unpaired) electrons. The van der Waals surface area contributed by atoms with Gasteiger partial charge in [-0.1, -0.05) is 0 Å². The Morgan fingerprint density at radius 1 is 0.900 bits per heavy atom. The van der Waals surface area contributed by atoms with Gasteiger partial charge >= 0.3 is 0 Å². The van der Waals surface area contributed by atoms with E-state index >= 15 is 0 Å². The maximum Gasteiger partial charge on any atom is 0.0225 e. The number of likely N-dealkylation sites (tertiary alicyclic amines) is 1. The second-order valence-electron chi connectivity index (χ2n) is 9.37. The molecule has 0 amide bonds. The lowest BCUT2D eigenvalue weighted by atomic mass is 9.49. The highest BCUT2D eigenvalue weighted by molar-refractivity contribution is 5.07. The molecule has 5 saturated carbocycles. The lowest BCUT2D eigenvalue weighted by Crippen LogP contribution is -2.56. The van der Waals surface area contributed by atoms with Crippen LogP contribution in [0, 0.1) is 28.6 Å². The van der Waals surface area contributed by atoms with E-state index in [1.807, 2.05) is 0 Å². The third-order valence-electron chi connectivity index (χ3n) is 7.78. The summed E-state index contributed by atoms with van der Waals surface area (Å²) in [6, 6.07) is 0.477. The zero-order valence-corrected chi connectivity index (χ0v) is 12.8. The largest absolute Gasteiger partial charge is 0.326 e. The first kappa shape index (κ1) is 12.5. The van der Waals surface area contributed by atoms with Gasteiger partial charge < -0.3 is 10.6 Å². The van der Waals surface area contributed by atoms with Gasteiger partial charge in [-0.3, -0.25) is 0 Å². The van der Waals surface area contributed by atoms with E-state index in [2.05, 4.69) is 4.90 Å². The van der Waals surface area contributed by atoms with Gasteiger partial charge in [0.15, 0.2) is 0 Å². The molecule has 1 spiro atoms. The molecule has 6 fully saturated rings. The minimum atomic E-state index is 0.477. The van der Waals surface area contributed by atoms with Gasteiger partial charge in [0.2, 0.25) is 0 Å². The summed E-state index contributed by atoms with van der Waals surface area (Å²) in [6.07, 6.45) is 13.6. The van der Waals surface area contributed by atoms with E-state index in [4.69, 9.17) is 5.73 Å². The summed E-state index contributed by atoms with van der Waals surface area (Å²) in [7, 11) is 0. The van der Waals surface area contributed by atoms with Crippen molar-refractivity contribution in [3.63, 3.8) is 0 Å². The Morgan fingerprint density at radius 3 is 2.00 bits per heavy atom. The molecule has 2 heteroatoms. The Bertz CT molecular complexity index is 376. The predicted molar refractivity (Wildman–Crippen MR) is 81.3 cm³/mol. The zero-order valence-electron chi connectivity index (χ0n) is 12.8. The van der Waals surface area contributed by atoms with Crippen LogP contribution in [0.2, 0.25) is 0 Å². The molecule has 6 rings (SSSR count). The number of hydrogen-bond donors (Lipinski definition) is 1. The fourth-order valence-corrected chi connectivity index (χ4v) is 7.01.